The van der Waals surface area contributed by atoms with Crippen molar-refractivity contribution in [3.8, 4) is 5.69 Å². The minimum Gasteiger partial charge on any atom is -0.395 e. The molecule has 8 heteroatoms. The normalized spacial score (nSPS) is 13.8. The number of hydrogen-bond acceptors (Lipinski definition) is 6. The van der Waals surface area contributed by atoms with E-state index in [9.17, 15) is 9.90 Å². The van der Waals surface area contributed by atoms with E-state index in [1.165, 1.54) is 11.1 Å². The number of nitrogens with one attached hydrogen (secondary N) is 2. The summed E-state index contributed by atoms with van der Waals surface area (Å²) in [5.74, 6) is 0.670. The van der Waals surface area contributed by atoms with E-state index in [-0.39, 0.29) is 12.2 Å². The summed E-state index contributed by atoms with van der Waals surface area (Å²) in [5.41, 5.74) is 5.40. The van der Waals surface area contributed by atoms with E-state index in [4.69, 9.17) is 0 Å². The van der Waals surface area contributed by atoms with Crippen molar-refractivity contribution in [2.75, 3.05) is 18.5 Å². The first-order chi connectivity index (χ1) is 16.4. The van der Waals surface area contributed by atoms with Crippen LogP contribution >= 0.6 is 0 Å². The molecule has 5 rings (SSSR count). The maximum Gasteiger partial charge on any atom is 0.276 e. The first-order valence-corrected chi connectivity index (χ1v) is 11.7. The van der Waals surface area contributed by atoms with Gasteiger partial charge in [-0.3, -0.25) is 9.78 Å². The SMILES string of the molecule is CCn1c(=O)c2cnc(Nc3ccc4c(c3)CNCC4)cc2n1-c1ccnc(C(C)(C)CO)c1. The van der Waals surface area contributed by atoms with Crippen molar-refractivity contribution < 1.29 is 5.11 Å². The summed E-state index contributed by atoms with van der Waals surface area (Å²) in [4.78, 5) is 22.1. The molecule has 0 saturated carbocycles. The lowest BCUT2D eigenvalue weighted by molar-refractivity contribution is 0.215. The van der Waals surface area contributed by atoms with Gasteiger partial charge < -0.3 is 15.7 Å². The van der Waals surface area contributed by atoms with Crippen LogP contribution in [0, 0.1) is 0 Å². The third-order valence-corrected chi connectivity index (χ3v) is 6.56. The molecule has 0 unspecified atom stereocenters. The predicted octanol–water partition coefficient (Wildman–Crippen LogP) is 3.26. The van der Waals surface area contributed by atoms with Crippen LogP contribution in [0.3, 0.4) is 0 Å². The highest BCUT2D eigenvalue weighted by atomic mass is 16.3. The Morgan fingerprint density at radius 1 is 1.15 bits per heavy atom. The van der Waals surface area contributed by atoms with Crippen molar-refractivity contribution in [3.05, 3.63) is 76.0 Å². The van der Waals surface area contributed by atoms with Crippen LogP contribution in [0.4, 0.5) is 11.5 Å². The zero-order chi connectivity index (χ0) is 23.9. The molecule has 3 N–H and O–H groups in total. The number of benzene rings is 1. The topological polar surface area (TPSA) is 97.0 Å². The van der Waals surface area contributed by atoms with Gasteiger partial charge in [-0.25, -0.2) is 14.3 Å². The van der Waals surface area contributed by atoms with Gasteiger partial charge in [0.25, 0.3) is 5.56 Å². The van der Waals surface area contributed by atoms with Crippen LogP contribution in [0.1, 0.15) is 37.6 Å². The van der Waals surface area contributed by atoms with Crippen LogP contribution in [0.5, 0.6) is 0 Å². The predicted molar refractivity (Wildman–Crippen MR) is 134 cm³/mol. The van der Waals surface area contributed by atoms with Crippen LogP contribution in [0.15, 0.2) is 53.6 Å². The minimum absolute atomic E-state index is 0.0231. The molecule has 4 aromatic rings. The molecule has 0 radical (unpaired) electrons. The highest BCUT2D eigenvalue weighted by Gasteiger charge is 2.23. The van der Waals surface area contributed by atoms with E-state index in [0.29, 0.717) is 17.7 Å². The molecule has 0 spiro atoms. The molecule has 0 fully saturated rings. The summed E-state index contributed by atoms with van der Waals surface area (Å²) in [6.45, 7) is 8.20. The molecule has 0 bridgehead atoms. The monoisotopic (exact) mass is 458 g/mol. The van der Waals surface area contributed by atoms with Gasteiger partial charge in [0.2, 0.25) is 0 Å². The summed E-state index contributed by atoms with van der Waals surface area (Å²) < 4.78 is 3.62. The fourth-order valence-electron chi connectivity index (χ4n) is 4.48. The van der Waals surface area contributed by atoms with Crippen molar-refractivity contribution >= 4 is 22.4 Å². The zero-order valence-electron chi connectivity index (χ0n) is 19.8. The zero-order valence-corrected chi connectivity index (χ0v) is 19.8. The van der Waals surface area contributed by atoms with Gasteiger partial charge in [0.1, 0.15) is 5.82 Å². The van der Waals surface area contributed by atoms with Gasteiger partial charge in [-0.1, -0.05) is 19.9 Å². The summed E-state index contributed by atoms with van der Waals surface area (Å²) in [6, 6.07) is 12.1. The third-order valence-electron chi connectivity index (χ3n) is 6.56. The first-order valence-electron chi connectivity index (χ1n) is 11.7. The first kappa shape index (κ1) is 22.3. The van der Waals surface area contributed by atoms with Crippen molar-refractivity contribution in [2.24, 2.45) is 0 Å². The van der Waals surface area contributed by atoms with Crippen molar-refractivity contribution in [2.45, 2.75) is 45.7 Å². The van der Waals surface area contributed by atoms with Crippen molar-refractivity contribution in [1.29, 1.82) is 0 Å². The van der Waals surface area contributed by atoms with E-state index >= 15 is 0 Å². The van der Waals surface area contributed by atoms with Crippen molar-refractivity contribution in [1.82, 2.24) is 24.6 Å². The molecule has 1 aliphatic rings. The van der Waals surface area contributed by atoms with Crippen LogP contribution in [-0.4, -0.2) is 37.6 Å². The molecule has 176 valence electrons. The number of pyridine rings is 2. The molecule has 8 nitrogen and oxygen atoms in total. The van der Waals surface area contributed by atoms with Crippen LogP contribution in [0.25, 0.3) is 16.6 Å². The summed E-state index contributed by atoms with van der Waals surface area (Å²) in [7, 11) is 0. The second-order valence-corrected chi connectivity index (χ2v) is 9.40. The summed E-state index contributed by atoms with van der Waals surface area (Å²) >= 11 is 0. The Morgan fingerprint density at radius 2 is 2.00 bits per heavy atom. The maximum atomic E-state index is 13.1. The molecule has 34 heavy (non-hydrogen) atoms. The van der Waals surface area contributed by atoms with Gasteiger partial charge >= 0.3 is 0 Å². The molecule has 1 aromatic carbocycles. The fourth-order valence-corrected chi connectivity index (χ4v) is 4.48. The number of nitrogens with zero attached hydrogens (tertiary/aromatic N) is 4. The van der Waals surface area contributed by atoms with Crippen molar-refractivity contribution in [3.63, 3.8) is 0 Å². The lowest BCUT2D eigenvalue weighted by atomic mass is 9.90. The average Bonchev–Trinajstić information content (AvgIpc) is 3.14. The number of aliphatic hydroxyl groups is 1. The van der Waals surface area contributed by atoms with Gasteiger partial charge in [-0.2, -0.15) is 0 Å². The molecular weight excluding hydrogens is 428 g/mol. The fraction of sp³-hybridized carbons (Fsp3) is 0.346. The molecule has 0 amide bonds. The largest absolute Gasteiger partial charge is 0.395 e. The lowest BCUT2D eigenvalue weighted by Gasteiger charge is -2.22. The Kier molecular flexibility index (Phi) is 5.71. The molecule has 3 aromatic heterocycles. The third kappa shape index (κ3) is 3.89. The van der Waals surface area contributed by atoms with Gasteiger partial charge in [-0.05, 0) is 55.3 Å². The van der Waals surface area contributed by atoms with E-state index in [1.807, 2.05) is 43.7 Å². The van der Waals surface area contributed by atoms with Crippen LogP contribution < -0.4 is 16.2 Å². The molecular formula is C26H30N6O2. The Morgan fingerprint density at radius 3 is 2.79 bits per heavy atom. The number of rotatable bonds is 6. The number of aliphatic hydroxyl groups excluding tert-OH is 1. The van der Waals surface area contributed by atoms with Crippen LogP contribution in [-0.2, 0) is 24.9 Å². The summed E-state index contributed by atoms with van der Waals surface area (Å²) in [6.07, 6.45) is 4.40. The van der Waals surface area contributed by atoms with Crippen LogP contribution in [0.2, 0.25) is 0 Å². The van der Waals surface area contributed by atoms with E-state index in [1.54, 1.807) is 17.1 Å². The average molecular weight is 459 g/mol. The highest BCUT2D eigenvalue weighted by molar-refractivity contribution is 5.82. The van der Waals surface area contributed by atoms with Gasteiger partial charge in [0, 0.05) is 42.7 Å². The molecule has 1 aliphatic heterocycles. The standard InChI is InChI=1S/C26H30N6O2/c1-4-31-25(34)21-15-29-24(30-19-6-5-17-7-9-27-14-18(17)11-19)13-22(21)32(31)20-8-10-28-23(12-20)26(2,3)16-33/h5-6,8,10-13,15,27,33H,4,7,9,14,16H2,1-3H3,(H,29,30). The number of anilines is 2. The quantitative estimate of drug-likeness (QED) is 0.410. The Bertz CT molecular complexity index is 1420. The van der Waals surface area contributed by atoms with Gasteiger partial charge in [0.05, 0.1) is 28.9 Å². The second kappa shape index (κ2) is 8.70. The van der Waals surface area contributed by atoms with E-state index in [0.717, 1.165) is 42.1 Å². The molecule has 0 aliphatic carbocycles. The van der Waals surface area contributed by atoms with E-state index in [2.05, 4.69) is 38.8 Å². The lowest BCUT2D eigenvalue weighted by Crippen LogP contribution is -2.25. The second-order valence-electron chi connectivity index (χ2n) is 9.40. The smallest absolute Gasteiger partial charge is 0.276 e. The minimum atomic E-state index is -0.494. The van der Waals surface area contributed by atoms with E-state index < -0.39 is 5.41 Å². The van der Waals surface area contributed by atoms with Gasteiger partial charge in [0.15, 0.2) is 0 Å². The molecule has 0 atom stereocenters. The maximum absolute atomic E-state index is 13.1. The number of hydrogen-bond donors (Lipinski definition) is 3. The molecule has 4 heterocycles. The Hall–Kier alpha value is -3.49. The highest BCUT2D eigenvalue weighted by Crippen LogP contribution is 2.26. The Balaban J connectivity index is 1.60. The molecule has 0 saturated heterocycles. The van der Waals surface area contributed by atoms with Gasteiger partial charge in [-0.15, -0.1) is 0 Å². The number of aromatic nitrogens is 4. The number of fused-ring (bicyclic) bond motifs is 2. The summed E-state index contributed by atoms with van der Waals surface area (Å²) in [5, 5.41) is 17.2. The Labute approximate surface area is 198 Å².